The fourth-order valence-corrected chi connectivity index (χ4v) is 4.23. The van der Waals surface area contributed by atoms with Gasteiger partial charge in [0.05, 0.1) is 11.0 Å². The fraction of sp³-hybridized carbons (Fsp3) is 0.261. The number of allylic oxidation sites excluding steroid dienone is 1. The van der Waals surface area contributed by atoms with E-state index in [2.05, 4.69) is 32.7 Å². The Morgan fingerprint density at radius 3 is 2.53 bits per heavy atom. The number of aromatic amines is 1. The van der Waals surface area contributed by atoms with E-state index in [-0.39, 0.29) is 17.5 Å². The highest BCUT2D eigenvalue weighted by Crippen LogP contribution is 2.25. The highest BCUT2D eigenvalue weighted by atomic mass is 16.3. The lowest BCUT2D eigenvalue weighted by Crippen LogP contribution is -2.29. The average molecular weight is 432 g/mol. The van der Waals surface area contributed by atoms with Crippen LogP contribution >= 0.6 is 0 Å². The number of urea groups is 1. The molecule has 1 aromatic heterocycles. The zero-order valence-corrected chi connectivity index (χ0v) is 18.0. The molecule has 1 saturated heterocycles. The van der Waals surface area contributed by atoms with E-state index in [0.29, 0.717) is 30.2 Å². The molecule has 0 radical (unpaired) electrons. The Bertz CT molecular complexity index is 1220. The molecule has 2 aliphatic heterocycles. The maximum absolute atomic E-state index is 12.2. The summed E-state index contributed by atoms with van der Waals surface area (Å²) < 4.78 is 0. The number of likely N-dealkylation sites (N-methyl/N-ethyl adjacent to an activating group) is 1. The van der Waals surface area contributed by atoms with Gasteiger partial charge in [0, 0.05) is 51.5 Å². The van der Waals surface area contributed by atoms with Gasteiger partial charge < -0.3 is 25.6 Å². The van der Waals surface area contributed by atoms with E-state index in [4.69, 9.17) is 5.41 Å². The standard InChI is InChI=1S/C23H25N7O2/c1-25-20(22-27-17-9-14-11-26-12-15(14)10-18(17)28-22)21(31)19(24)13-3-5-16(6-4-13)30-8-7-29(2)23(30)32/h3-6,9-10,24-26,31H,7-8,11-12H2,1-2H3,(H,27,28)/b21-20+,24-19?. The summed E-state index contributed by atoms with van der Waals surface area (Å²) >= 11 is 0. The Kier molecular flexibility index (Phi) is 4.82. The van der Waals surface area contributed by atoms with Gasteiger partial charge in [0.1, 0.15) is 11.4 Å². The number of anilines is 1. The minimum atomic E-state index is -0.203. The molecule has 0 unspecified atom stereocenters. The summed E-state index contributed by atoms with van der Waals surface area (Å²) in [6.45, 7) is 2.97. The number of rotatable bonds is 5. The molecule has 9 heteroatoms. The van der Waals surface area contributed by atoms with Crippen LogP contribution in [0.2, 0.25) is 0 Å². The predicted molar refractivity (Wildman–Crippen MR) is 124 cm³/mol. The van der Waals surface area contributed by atoms with Crippen molar-refractivity contribution in [3.8, 4) is 0 Å². The quantitative estimate of drug-likeness (QED) is 0.314. The first-order chi connectivity index (χ1) is 15.5. The third-order valence-corrected chi connectivity index (χ3v) is 6.08. The van der Waals surface area contributed by atoms with Crippen LogP contribution in [0.4, 0.5) is 10.5 Å². The second kappa shape index (κ2) is 7.69. The van der Waals surface area contributed by atoms with Crippen molar-refractivity contribution in [2.24, 2.45) is 0 Å². The SMILES string of the molecule is CN/C(=C(/O)C(=N)c1ccc(N2CCN(C)C2=O)cc1)c1nc2cc3c(cc2[nH]1)CNC3. The lowest BCUT2D eigenvalue weighted by atomic mass is 10.1. The number of carbonyl (C=O) groups excluding carboxylic acids is 1. The smallest absolute Gasteiger partial charge is 0.324 e. The van der Waals surface area contributed by atoms with Gasteiger partial charge in [-0.25, -0.2) is 9.78 Å². The number of hydrogen-bond donors (Lipinski definition) is 5. The third-order valence-electron chi connectivity index (χ3n) is 6.08. The molecule has 0 saturated carbocycles. The molecule has 5 rings (SSSR count). The lowest BCUT2D eigenvalue weighted by molar-refractivity contribution is 0.229. The van der Waals surface area contributed by atoms with Gasteiger partial charge in [0.2, 0.25) is 0 Å². The van der Waals surface area contributed by atoms with Gasteiger partial charge in [0.25, 0.3) is 0 Å². The van der Waals surface area contributed by atoms with E-state index >= 15 is 0 Å². The molecule has 2 aromatic carbocycles. The number of aromatic nitrogens is 2. The summed E-state index contributed by atoms with van der Waals surface area (Å²) in [6, 6.07) is 11.2. The van der Waals surface area contributed by atoms with E-state index in [0.717, 1.165) is 29.8 Å². The minimum absolute atomic E-state index is 0.0297. The van der Waals surface area contributed by atoms with Crippen molar-refractivity contribution in [1.82, 2.24) is 25.5 Å². The molecule has 1 fully saturated rings. The minimum Gasteiger partial charge on any atom is -0.504 e. The van der Waals surface area contributed by atoms with Gasteiger partial charge in [-0.05, 0) is 35.4 Å². The van der Waals surface area contributed by atoms with Crippen molar-refractivity contribution < 1.29 is 9.90 Å². The van der Waals surface area contributed by atoms with Crippen molar-refractivity contribution in [2.75, 3.05) is 32.1 Å². The van der Waals surface area contributed by atoms with Crippen LogP contribution in [0.1, 0.15) is 22.5 Å². The van der Waals surface area contributed by atoms with E-state index in [1.165, 1.54) is 11.1 Å². The van der Waals surface area contributed by atoms with Crippen LogP contribution in [0.3, 0.4) is 0 Å². The molecule has 2 amide bonds. The van der Waals surface area contributed by atoms with Crippen LogP contribution in [-0.4, -0.2) is 58.9 Å². The summed E-state index contributed by atoms with van der Waals surface area (Å²) in [5.74, 6) is 0.272. The Hall–Kier alpha value is -3.85. The Labute approximate surface area is 185 Å². The number of aliphatic hydroxyl groups is 1. The van der Waals surface area contributed by atoms with E-state index in [1.807, 2.05) is 0 Å². The van der Waals surface area contributed by atoms with Gasteiger partial charge in [-0.3, -0.25) is 10.3 Å². The number of H-pyrrole nitrogens is 1. The molecular weight excluding hydrogens is 406 g/mol. The number of hydrogen-bond acceptors (Lipinski definition) is 6. The molecule has 9 nitrogen and oxygen atoms in total. The van der Waals surface area contributed by atoms with Crippen molar-refractivity contribution in [2.45, 2.75) is 13.1 Å². The number of benzene rings is 2. The topological polar surface area (TPSA) is 120 Å². The first kappa shape index (κ1) is 20.1. The monoisotopic (exact) mass is 431 g/mol. The summed E-state index contributed by atoms with van der Waals surface area (Å²) in [5.41, 5.74) is 5.81. The van der Waals surface area contributed by atoms with Crippen LogP contribution in [0, 0.1) is 5.41 Å². The van der Waals surface area contributed by atoms with Gasteiger partial charge in [-0.2, -0.15) is 0 Å². The maximum Gasteiger partial charge on any atom is 0.324 e. The summed E-state index contributed by atoms with van der Waals surface area (Å²) in [6.07, 6.45) is 0. The maximum atomic E-state index is 12.2. The van der Waals surface area contributed by atoms with E-state index in [1.54, 1.807) is 48.2 Å². The van der Waals surface area contributed by atoms with Crippen molar-refractivity contribution in [3.05, 3.63) is 64.7 Å². The first-order valence-electron chi connectivity index (χ1n) is 10.5. The normalized spacial score (nSPS) is 16.5. The molecule has 0 spiro atoms. The molecule has 164 valence electrons. The highest BCUT2D eigenvalue weighted by molar-refractivity contribution is 6.13. The third kappa shape index (κ3) is 3.27. The second-order valence-electron chi connectivity index (χ2n) is 8.08. The van der Waals surface area contributed by atoms with Gasteiger partial charge in [-0.1, -0.05) is 12.1 Å². The molecule has 2 aliphatic rings. The second-order valence-corrected chi connectivity index (χ2v) is 8.08. The Morgan fingerprint density at radius 2 is 1.88 bits per heavy atom. The number of nitrogens with one attached hydrogen (secondary N) is 4. The molecule has 3 aromatic rings. The van der Waals surface area contributed by atoms with E-state index < -0.39 is 0 Å². The number of fused-ring (bicyclic) bond motifs is 2. The number of imidazole rings is 1. The van der Waals surface area contributed by atoms with Gasteiger partial charge in [-0.15, -0.1) is 0 Å². The summed E-state index contributed by atoms with van der Waals surface area (Å²) in [5, 5.41) is 25.7. The summed E-state index contributed by atoms with van der Waals surface area (Å²) in [4.78, 5) is 23.4. The predicted octanol–water partition coefficient (Wildman–Crippen LogP) is 2.55. The van der Waals surface area contributed by atoms with Crippen LogP contribution in [-0.2, 0) is 13.1 Å². The average Bonchev–Trinajstić information content (AvgIpc) is 3.51. The van der Waals surface area contributed by atoms with Crippen LogP contribution < -0.4 is 15.5 Å². The number of carbonyl (C=O) groups is 1. The lowest BCUT2D eigenvalue weighted by Gasteiger charge is -2.16. The molecule has 32 heavy (non-hydrogen) atoms. The molecule has 0 aliphatic carbocycles. The van der Waals surface area contributed by atoms with E-state index in [9.17, 15) is 9.90 Å². The zero-order chi connectivity index (χ0) is 22.4. The molecule has 0 atom stereocenters. The van der Waals surface area contributed by atoms with Gasteiger partial charge in [0.15, 0.2) is 11.6 Å². The van der Waals surface area contributed by atoms with Crippen LogP contribution in [0.25, 0.3) is 16.7 Å². The highest BCUT2D eigenvalue weighted by Gasteiger charge is 2.26. The van der Waals surface area contributed by atoms with Crippen molar-refractivity contribution in [1.29, 1.82) is 5.41 Å². The van der Waals surface area contributed by atoms with Crippen LogP contribution in [0.5, 0.6) is 0 Å². The first-order valence-corrected chi connectivity index (χ1v) is 10.5. The zero-order valence-electron chi connectivity index (χ0n) is 18.0. The largest absolute Gasteiger partial charge is 0.504 e. The number of nitrogens with zero attached hydrogens (tertiary/aromatic N) is 3. The molecule has 0 bridgehead atoms. The molecule has 5 N–H and O–H groups in total. The Balaban J connectivity index is 1.44. The van der Waals surface area contributed by atoms with Gasteiger partial charge >= 0.3 is 6.03 Å². The van der Waals surface area contributed by atoms with Crippen LogP contribution in [0.15, 0.2) is 42.2 Å². The number of aliphatic hydroxyl groups excluding tert-OH is 1. The fourth-order valence-electron chi connectivity index (χ4n) is 4.23. The Morgan fingerprint density at radius 1 is 1.16 bits per heavy atom. The molecular formula is C23H25N7O2. The molecule has 3 heterocycles. The summed E-state index contributed by atoms with van der Waals surface area (Å²) in [7, 11) is 3.46. The number of amides is 2. The van der Waals surface area contributed by atoms with Crippen molar-refractivity contribution in [3.63, 3.8) is 0 Å². The van der Waals surface area contributed by atoms with Crippen molar-refractivity contribution >= 4 is 34.2 Å².